The van der Waals surface area contributed by atoms with Gasteiger partial charge in [-0.1, -0.05) is 0 Å². The Labute approximate surface area is 89.8 Å². The van der Waals surface area contributed by atoms with Crippen LogP contribution in [-0.2, 0) is 17.2 Å². The van der Waals surface area contributed by atoms with Crippen LogP contribution in [-0.4, -0.2) is 29.2 Å². The summed E-state index contributed by atoms with van der Waals surface area (Å²) < 4.78 is 40.9. The quantitative estimate of drug-likeness (QED) is 0.585. The van der Waals surface area contributed by atoms with Crippen molar-refractivity contribution in [2.75, 3.05) is 13.2 Å². The van der Waals surface area contributed by atoms with Crippen LogP contribution in [0.5, 0.6) is 0 Å². The van der Waals surface area contributed by atoms with Gasteiger partial charge in [0.1, 0.15) is 6.61 Å². The maximum atomic E-state index is 11.7. The largest absolute Gasteiger partial charge is 0.411 e. The van der Waals surface area contributed by atoms with E-state index in [-0.39, 0.29) is 13.2 Å². The molecule has 15 heavy (non-hydrogen) atoms. The van der Waals surface area contributed by atoms with Crippen molar-refractivity contribution in [2.45, 2.75) is 18.6 Å². The van der Waals surface area contributed by atoms with E-state index in [2.05, 4.69) is 9.84 Å². The topological polar surface area (TPSA) is 27.1 Å². The lowest BCUT2D eigenvalue weighted by Crippen LogP contribution is -2.19. The Morgan fingerprint density at radius 1 is 1.47 bits per heavy atom. The summed E-state index contributed by atoms with van der Waals surface area (Å²) in [6.45, 7) is -0.966. The average Bonchev–Trinajstić information content (AvgIpc) is 2.59. The number of alkyl halides is 4. The van der Waals surface area contributed by atoms with Gasteiger partial charge < -0.3 is 4.74 Å². The monoisotopic (exact) mass is 242 g/mol. The molecule has 1 aromatic heterocycles. The lowest BCUT2D eigenvalue weighted by atomic mass is 10.4. The van der Waals surface area contributed by atoms with Crippen LogP contribution in [0.15, 0.2) is 12.4 Å². The standard InChI is InChI=1S/C8H10ClF3N2O/c9-3-7-4-13-14(5-7)1-2-15-6-8(10,11)12/h4-5H,1-3,6H2. The van der Waals surface area contributed by atoms with E-state index in [1.54, 1.807) is 12.4 Å². The zero-order valence-electron chi connectivity index (χ0n) is 7.80. The van der Waals surface area contributed by atoms with E-state index in [0.717, 1.165) is 5.56 Å². The highest BCUT2D eigenvalue weighted by Crippen LogP contribution is 2.14. The van der Waals surface area contributed by atoms with Crippen molar-refractivity contribution < 1.29 is 17.9 Å². The van der Waals surface area contributed by atoms with Gasteiger partial charge >= 0.3 is 6.18 Å². The molecule has 0 N–H and O–H groups in total. The number of ether oxygens (including phenoxy) is 1. The molecule has 7 heteroatoms. The molecule has 0 aliphatic rings. The summed E-state index contributed by atoms with van der Waals surface area (Å²) in [4.78, 5) is 0. The van der Waals surface area contributed by atoms with E-state index in [1.165, 1.54) is 4.68 Å². The minimum atomic E-state index is -4.27. The number of hydrogen-bond acceptors (Lipinski definition) is 2. The third-order valence-electron chi connectivity index (χ3n) is 1.57. The molecular formula is C8H10ClF3N2O. The molecule has 0 saturated carbocycles. The van der Waals surface area contributed by atoms with Crippen LogP contribution in [0.2, 0.25) is 0 Å². The number of hydrogen-bond donors (Lipinski definition) is 0. The second-order valence-electron chi connectivity index (χ2n) is 2.91. The SMILES string of the molecule is FC(F)(F)COCCn1cc(CCl)cn1. The molecule has 0 aliphatic carbocycles. The van der Waals surface area contributed by atoms with Gasteiger partial charge in [0.15, 0.2) is 0 Å². The predicted molar refractivity (Wildman–Crippen MR) is 48.7 cm³/mol. The van der Waals surface area contributed by atoms with Gasteiger partial charge in [0.25, 0.3) is 0 Å². The van der Waals surface area contributed by atoms with E-state index < -0.39 is 12.8 Å². The number of aromatic nitrogens is 2. The summed E-state index contributed by atoms with van der Waals surface area (Å²) in [6, 6.07) is 0. The van der Waals surface area contributed by atoms with E-state index in [9.17, 15) is 13.2 Å². The van der Waals surface area contributed by atoms with Crippen molar-refractivity contribution in [3.05, 3.63) is 18.0 Å². The lowest BCUT2D eigenvalue weighted by Gasteiger charge is -2.07. The Morgan fingerprint density at radius 2 is 2.20 bits per heavy atom. The zero-order valence-corrected chi connectivity index (χ0v) is 8.55. The van der Waals surface area contributed by atoms with Gasteiger partial charge in [-0.15, -0.1) is 11.6 Å². The Hall–Kier alpha value is -0.750. The van der Waals surface area contributed by atoms with Crippen molar-refractivity contribution in [3.8, 4) is 0 Å². The minimum absolute atomic E-state index is 0.0249. The Balaban J connectivity index is 2.20. The van der Waals surface area contributed by atoms with Gasteiger partial charge in [-0.3, -0.25) is 4.68 Å². The molecule has 0 bridgehead atoms. The molecule has 0 spiro atoms. The van der Waals surface area contributed by atoms with E-state index in [4.69, 9.17) is 11.6 Å². The first-order chi connectivity index (χ1) is 7.01. The Kier molecular flexibility index (Phi) is 4.41. The van der Waals surface area contributed by atoms with Crippen LogP contribution in [0.25, 0.3) is 0 Å². The second kappa shape index (κ2) is 5.37. The predicted octanol–water partition coefficient (Wildman–Crippen LogP) is 2.20. The van der Waals surface area contributed by atoms with E-state index >= 15 is 0 Å². The van der Waals surface area contributed by atoms with Crippen LogP contribution >= 0.6 is 11.6 Å². The highest BCUT2D eigenvalue weighted by Gasteiger charge is 2.27. The number of rotatable bonds is 5. The van der Waals surface area contributed by atoms with Crippen molar-refractivity contribution in [2.24, 2.45) is 0 Å². The number of halogens is 4. The maximum absolute atomic E-state index is 11.7. The van der Waals surface area contributed by atoms with Gasteiger partial charge in [0.2, 0.25) is 0 Å². The molecule has 1 heterocycles. The summed E-state index contributed by atoms with van der Waals surface area (Å²) in [6.07, 6.45) is -1.04. The van der Waals surface area contributed by atoms with Gasteiger partial charge in [-0.05, 0) is 0 Å². The van der Waals surface area contributed by atoms with Crippen molar-refractivity contribution in [3.63, 3.8) is 0 Å². The van der Waals surface area contributed by atoms with Crippen molar-refractivity contribution >= 4 is 11.6 Å². The molecule has 0 atom stereocenters. The minimum Gasteiger partial charge on any atom is -0.370 e. The summed E-state index contributed by atoms with van der Waals surface area (Å²) in [7, 11) is 0. The van der Waals surface area contributed by atoms with Crippen LogP contribution in [0.1, 0.15) is 5.56 Å². The first-order valence-corrected chi connectivity index (χ1v) is 4.76. The smallest absolute Gasteiger partial charge is 0.370 e. The molecule has 0 saturated heterocycles. The molecule has 0 radical (unpaired) electrons. The van der Waals surface area contributed by atoms with Crippen LogP contribution in [0, 0.1) is 0 Å². The Bertz CT molecular complexity index is 300. The molecule has 86 valence electrons. The molecule has 0 aromatic carbocycles. The fourth-order valence-electron chi connectivity index (χ4n) is 0.944. The molecule has 1 aromatic rings. The molecular weight excluding hydrogens is 233 g/mol. The first kappa shape index (κ1) is 12.3. The highest BCUT2D eigenvalue weighted by atomic mass is 35.5. The third kappa shape index (κ3) is 5.03. The fourth-order valence-corrected chi connectivity index (χ4v) is 1.08. The Morgan fingerprint density at radius 3 is 2.73 bits per heavy atom. The van der Waals surface area contributed by atoms with Crippen molar-refractivity contribution in [1.29, 1.82) is 0 Å². The molecule has 3 nitrogen and oxygen atoms in total. The van der Waals surface area contributed by atoms with Gasteiger partial charge in [-0.25, -0.2) is 0 Å². The van der Waals surface area contributed by atoms with Gasteiger partial charge in [0, 0.05) is 11.8 Å². The van der Waals surface area contributed by atoms with Crippen LogP contribution < -0.4 is 0 Å². The lowest BCUT2D eigenvalue weighted by molar-refractivity contribution is -0.174. The molecule has 0 amide bonds. The molecule has 0 fully saturated rings. The molecule has 1 rings (SSSR count). The molecule has 0 unspecified atom stereocenters. The van der Waals surface area contributed by atoms with Crippen LogP contribution in [0.3, 0.4) is 0 Å². The van der Waals surface area contributed by atoms with E-state index in [1.807, 2.05) is 0 Å². The van der Waals surface area contributed by atoms with E-state index in [0.29, 0.717) is 5.88 Å². The maximum Gasteiger partial charge on any atom is 0.411 e. The normalized spacial score (nSPS) is 12.0. The zero-order chi connectivity index (χ0) is 11.3. The molecule has 0 aliphatic heterocycles. The number of nitrogens with zero attached hydrogens (tertiary/aromatic N) is 2. The van der Waals surface area contributed by atoms with Crippen molar-refractivity contribution in [1.82, 2.24) is 9.78 Å². The average molecular weight is 243 g/mol. The van der Waals surface area contributed by atoms with Gasteiger partial charge in [0.05, 0.1) is 25.2 Å². The van der Waals surface area contributed by atoms with Crippen LogP contribution in [0.4, 0.5) is 13.2 Å². The summed E-state index contributed by atoms with van der Waals surface area (Å²) in [5, 5.41) is 3.89. The highest BCUT2D eigenvalue weighted by molar-refractivity contribution is 6.17. The summed E-state index contributed by atoms with van der Waals surface area (Å²) >= 11 is 5.53. The third-order valence-corrected chi connectivity index (χ3v) is 1.88. The summed E-state index contributed by atoms with van der Waals surface area (Å²) in [5.74, 6) is 0.337. The fraction of sp³-hybridized carbons (Fsp3) is 0.625. The second-order valence-corrected chi connectivity index (χ2v) is 3.18. The summed E-state index contributed by atoms with van der Waals surface area (Å²) in [5.41, 5.74) is 0.826. The first-order valence-electron chi connectivity index (χ1n) is 4.23. The van der Waals surface area contributed by atoms with Gasteiger partial charge in [-0.2, -0.15) is 18.3 Å².